The van der Waals surface area contributed by atoms with Gasteiger partial charge in [-0.15, -0.1) is 0 Å². The fraction of sp³-hybridized carbons (Fsp3) is 0.533. The van der Waals surface area contributed by atoms with Crippen LogP contribution < -0.4 is 5.32 Å². The maximum absolute atomic E-state index is 12.3. The van der Waals surface area contributed by atoms with Gasteiger partial charge in [0.1, 0.15) is 0 Å². The molecule has 0 aliphatic carbocycles. The van der Waals surface area contributed by atoms with Crippen LogP contribution in [0.25, 0.3) is 0 Å². The number of nitrogens with one attached hydrogen (secondary N) is 1. The van der Waals surface area contributed by atoms with Crippen LogP contribution in [0.15, 0.2) is 28.7 Å². The van der Waals surface area contributed by atoms with E-state index in [-0.39, 0.29) is 17.9 Å². The van der Waals surface area contributed by atoms with Crippen LogP contribution in [0, 0.1) is 5.92 Å². The van der Waals surface area contributed by atoms with E-state index >= 15 is 0 Å². The molecule has 0 aromatic heterocycles. The van der Waals surface area contributed by atoms with Gasteiger partial charge in [0.05, 0.1) is 17.2 Å². The lowest BCUT2D eigenvalue weighted by Crippen LogP contribution is -2.52. The fourth-order valence-corrected chi connectivity index (χ4v) is 2.58. The monoisotopic (exact) mass is 327 g/mol. The lowest BCUT2D eigenvalue weighted by Gasteiger charge is -2.34. The largest absolute Gasteiger partial charge is 0.388 e. The number of aliphatic hydroxyl groups is 1. The van der Waals surface area contributed by atoms with Crippen LogP contribution in [0.1, 0.15) is 44.5 Å². The van der Waals surface area contributed by atoms with E-state index < -0.39 is 5.60 Å². The molecule has 0 spiro atoms. The summed E-state index contributed by atoms with van der Waals surface area (Å²) in [6, 6.07) is 7.00. The molecule has 2 N–H and O–H groups in total. The second kappa shape index (κ2) is 6.53. The third-order valence-corrected chi connectivity index (χ3v) is 4.07. The molecule has 3 nitrogen and oxygen atoms in total. The van der Waals surface area contributed by atoms with Gasteiger partial charge in [-0.1, -0.05) is 32.4 Å². The zero-order valence-electron chi connectivity index (χ0n) is 11.9. The van der Waals surface area contributed by atoms with Crippen LogP contribution in [0.2, 0.25) is 0 Å². The van der Waals surface area contributed by atoms with Crippen LogP contribution in [0.5, 0.6) is 0 Å². The number of carbonyl (C=O) groups excluding carboxylic acids is 1. The highest BCUT2D eigenvalue weighted by molar-refractivity contribution is 9.10. The van der Waals surface area contributed by atoms with Crippen LogP contribution in [0.4, 0.5) is 0 Å². The summed E-state index contributed by atoms with van der Waals surface area (Å²) < 4.78 is 0.756. The van der Waals surface area contributed by atoms with E-state index in [1.54, 1.807) is 19.9 Å². The molecule has 19 heavy (non-hydrogen) atoms. The number of hydrogen-bond acceptors (Lipinski definition) is 2. The second-order valence-corrected chi connectivity index (χ2v) is 6.32. The van der Waals surface area contributed by atoms with E-state index in [0.717, 1.165) is 10.9 Å². The Kier molecular flexibility index (Phi) is 5.56. The summed E-state index contributed by atoms with van der Waals surface area (Å²) in [5, 5.41) is 13.2. The predicted octanol–water partition coefficient (Wildman–Crippen LogP) is 3.36. The van der Waals surface area contributed by atoms with Gasteiger partial charge in [0, 0.05) is 4.47 Å². The van der Waals surface area contributed by atoms with E-state index in [2.05, 4.69) is 21.2 Å². The predicted molar refractivity (Wildman–Crippen MR) is 81.1 cm³/mol. The van der Waals surface area contributed by atoms with Gasteiger partial charge in [0.15, 0.2) is 0 Å². The van der Waals surface area contributed by atoms with E-state index in [1.807, 2.05) is 32.0 Å². The maximum Gasteiger partial charge on any atom is 0.252 e. The molecule has 4 heteroatoms. The summed E-state index contributed by atoms with van der Waals surface area (Å²) in [6.07, 6.45) is 0.894. The smallest absolute Gasteiger partial charge is 0.252 e. The number of carbonyl (C=O) groups is 1. The third kappa shape index (κ3) is 4.32. The van der Waals surface area contributed by atoms with E-state index in [1.165, 1.54) is 0 Å². The topological polar surface area (TPSA) is 49.3 Å². The molecule has 1 aromatic rings. The van der Waals surface area contributed by atoms with Crippen molar-refractivity contribution >= 4 is 21.8 Å². The molecular weight excluding hydrogens is 306 g/mol. The quantitative estimate of drug-likeness (QED) is 0.871. The Morgan fingerprint density at radius 1 is 1.42 bits per heavy atom. The Bertz CT molecular complexity index is 440. The molecule has 106 valence electrons. The Morgan fingerprint density at radius 3 is 2.47 bits per heavy atom. The lowest BCUT2D eigenvalue weighted by molar-refractivity contribution is 0.0160. The summed E-state index contributed by atoms with van der Waals surface area (Å²) >= 11 is 3.37. The first-order valence-electron chi connectivity index (χ1n) is 6.55. The van der Waals surface area contributed by atoms with Crippen molar-refractivity contribution < 1.29 is 9.90 Å². The summed E-state index contributed by atoms with van der Waals surface area (Å²) in [5.74, 6) is 0.0336. The van der Waals surface area contributed by atoms with Crippen molar-refractivity contribution in [2.24, 2.45) is 5.92 Å². The van der Waals surface area contributed by atoms with Crippen molar-refractivity contribution in [3.63, 3.8) is 0 Å². The fourth-order valence-electron chi connectivity index (χ4n) is 2.12. The molecule has 2 atom stereocenters. The molecule has 0 bridgehead atoms. The van der Waals surface area contributed by atoms with Crippen molar-refractivity contribution in [1.82, 2.24) is 5.32 Å². The van der Waals surface area contributed by atoms with Gasteiger partial charge in [-0.25, -0.2) is 0 Å². The average Bonchev–Trinajstić information content (AvgIpc) is 2.34. The minimum absolute atomic E-state index is 0.167. The van der Waals surface area contributed by atoms with Gasteiger partial charge in [-0.05, 0) is 47.8 Å². The standard InChI is InChI=1S/C15H22BrNO2/c1-5-10(2)13(15(3,4)19)17-14(18)11-8-6-7-9-12(11)16/h6-10,13,19H,5H2,1-4H3,(H,17,18)/t10-,13-/m0/s1. The zero-order valence-corrected chi connectivity index (χ0v) is 13.5. The number of halogens is 1. The highest BCUT2D eigenvalue weighted by atomic mass is 79.9. The zero-order chi connectivity index (χ0) is 14.6. The molecule has 0 aliphatic rings. The van der Waals surface area contributed by atoms with Crippen LogP contribution >= 0.6 is 15.9 Å². The highest BCUT2D eigenvalue weighted by Gasteiger charge is 2.32. The summed E-state index contributed by atoms with van der Waals surface area (Å²) in [7, 11) is 0. The number of hydrogen-bond donors (Lipinski definition) is 2. The van der Waals surface area contributed by atoms with E-state index in [9.17, 15) is 9.90 Å². The molecule has 0 saturated carbocycles. The summed E-state index contributed by atoms with van der Waals surface area (Å²) in [6.45, 7) is 7.53. The Labute approximate surface area is 123 Å². The molecule has 1 amide bonds. The molecule has 0 heterocycles. The number of rotatable bonds is 5. The minimum atomic E-state index is -0.952. The van der Waals surface area contributed by atoms with Crippen LogP contribution in [0.3, 0.4) is 0 Å². The Hall–Kier alpha value is -0.870. The van der Waals surface area contributed by atoms with Crippen molar-refractivity contribution in [2.45, 2.75) is 45.8 Å². The highest BCUT2D eigenvalue weighted by Crippen LogP contribution is 2.22. The first kappa shape index (κ1) is 16.2. The summed E-state index contributed by atoms with van der Waals surface area (Å²) in [5.41, 5.74) is -0.369. The van der Waals surface area contributed by atoms with Gasteiger partial charge in [0.2, 0.25) is 0 Å². The number of benzene rings is 1. The molecule has 0 aliphatic heterocycles. The second-order valence-electron chi connectivity index (χ2n) is 5.47. The van der Waals surface area contributed by atoms with Gasteiger partial charge in [-0.2, -0.15) is 0 Å². The minimum Gasteiger partial charge on any atom is -0.388 e. The molecule has 1 aromatic carbocycles. The van der Waals surface area contributed by atoms with Gasteiger partial charge >= 0.3 is 0 Å². The van der Waals surface area contributed by atoms with Gasteiger partial charge in [-0.3, -0.25) is 4.79 Å². The van der Waals surface area contributed by atoms with E-state index in [4.69, 9.17) is 0 Å². The lowest BCUT2D eigenvalue weighted by atomic mass is 9.86. The maximum atomic E-state index is 12.3. The van der Waals surface area contributed by atoms with Crippen LogP contribution in [-0.2, 0) is 0 Å². The molecule has 0 saturated heterocycles. The molecule has 1 rings (SSSR count). The Morgan fingerprint density at radius 2 is 2.00 bits per heavy atom. The van der Waals surface area contributed by atoms with Crippen molar-refractivity contribution in [2.75, 3.05) is 0 Å². The first-order valence-corrected chi connectivity index (χ1v) is 7.34. The van der Waals surface area contributed by atoms with Gasteiger partial charge in [0.25, 0.3) is 5.91 Å². The van der Waals surface area contributed by atoms with Crippen molar-refractivity contribution in [3.05, 3.63) is 34.3 Å². The molecule has 0 radical (unpaired) electrons. The molecule has 0 fully saturated rings. The van der Waals surface area contributed by atoms with Crippen LogP contribution in [-0.4, -0.2) is 22.7 Å². The van der Waals surface area contributed by atoms with Crippen molar-refractivity contribution in [1.29, 1.82) is 0 Å². The van der Waals surface area contributed by atoms with Gasteiger partial charge < -0.3 is 10.4 Å². The van der Waals surface area contributed by atoms with Crippen molar-refractivity contribution in [3.8, 4) is 0 Å². The normalized spacial score (nSPS) is 14.8. The summed E-state index contributed by atoms with van der Waals surface area (Å²) in [4.78, 5) is 12.3. The third-order valence-electron chi connectivity index (χ3n) is 3.38. The molecular formula is C15H22BrNO2. The first-order chi connectivity index (χ1) is 8.77. The Balaban J connectivity index is 2.92. The van der Waals surface area contributed by atoms with E-state index in [0.29, 0.717) is 5.56 Å². The number of amides is 1. The SMILES string of the molecule is CC[C@H](C)[C@H](NC(=O)c1ccccc1Br)C(C)(C)O. The molecule has 0 unspecified atom stereocenters. The average molecular weight is 328 g/mol.